The maximum atomic E-state index is 13.2. The first-order chi connectivity index (χ1) is 16.1. The number of amides is 1. The number of anilines is 3. The normalized spacial score (nSPS) is 14.3. The van der Waals surface area contributed by atoms with Crippen LogP contribution in [0.4, 0.5) is 17.1 Å². The van der Waals surface area contributed by atoms with Crippen molar-refractivity contribution in [2.24, 2.45) is 0 Å². The quantitative estimate of drug-likeness (QED) is 0.339. The number of halogens is 1. The van der Waals surface area contributed by atoms with E-state index in [4.69, 9.17) is 23.8 Å². The van der Waals surface area contributed by atoms with Gasteiger partial charge in [-0.3, -0.25) is 4.79 Å². The molecule has 1 fully saturated rings. The molecule has 0 aliphatic carbocycles. The minimum atomic E-state index is -0.666. The average Bonchev–Trinajstić information content (AvgIpc) is 3.34. The molecule has 3 aromatic rings. The second-order valence-corrected chi connectivity index (χ2v) is 8.67. The fraction of sp³-hybridized carbons (Fsp3) is 0.200. The molecule has 6 nitrogen and oxygen atoms in total. The summed E-state index contributed by atoms with van der Waals surface area (Å²) in [4.78, 5) is 13.2. The van der Waals surface area contributed by atoms with E-state index in [-0.39, 0.29) is 5.91 Å². The van der Waals surface area contributed by atoms with Crippen LogP contribution in [0.25, 0.3) is 0 Å². The van der Waals surface area contributed by atoms with Gasteiger partial charge in [-0.05, 0) is 79.2 Å². The molecule has 1 aliphatic heterocycles. The highest BCUT2D eigenvalue weighted by Crippen LogP contribution is 2.20. The van der Waals surface area contributed by atoms with E-state index in [0.717, 1.165) is 30.0 Å². The van der Waals surface area contributed by atoms with Gasteiger partial charge < -0.3 is 21.4 Å². The maximum Gasteiger partial charge on any atom is 0.251 e. The SMILES string of the molecule is O=C(Nc1ccc(NN2CCCC2)cc1)C(NC(=S)Nc1ccc(Cl)cc1)c1ccccc1. The first-order valence-corrected chi connectivity index (χ1v) is 11.7. The molecule has 0 saturated carbocycles. The van der Waals surface area contributed by atoms with Crippen molar-refractivity contribution in [3.63, 3.8) is 0 Å². The highest BCUT2D eigenvalue weighted by atomic mass is 35.5. The van der Waals surface area contributed by atoms with Gasteiger partial charge in [-0.15, -0.1) is 0 Å². The van der Waals surface area contributed by atoms with Crippen molar-refractivity contribution in [2.75, 3.05) is 29.1 Å². The lowest BCUT2D eigenvalue weighted by Gasteiger charge is -2.21. The van der Waals surface area contributed by atoms with E-state index in [1.165, 1.54) is 12.8 Å². The summed E-state index contributed by atoms with van der Waals surface area (Å²) in [6.45, 7) is 2.10. The Bertz CT molecular complexity index is 1070. The molecule has 1 amide bonds. The summed E-state index contributed by atoms with van der Waals surface area (Å²) in [6, 6.07) is 23.7. The Morgan fingerprint density at radius 2 is 1.39 bits per heavy atom. The molecule has 0 radical (unpaired) electrons. The number of thiocarbonyl (C=S) groups is 1. The zero-order valence-electron chi connectivity index (χ0n) is 18.1. The summed E-state index contributed by atoms with van der Waals surface area (Å²) in [6.07, 6.45) is 2.42. The zero-order chi connectivity index (χ0) is 23.0. The third kappa shape index (κ3) is 6.68. The molecule has 1 heterocycles. The number of nitrogens with one attached hydrogen (secondary N) is 4. The van der Waals surface area contributed by atoms with Gasteiger partial charge in [0, 0.05) is 35.2 Å². The molecule has 0 bridgehead atoms. The lowest BCUT2D eigenvalue weighted by molar-refractivity contribution is -0.117. The zero-order valence-corrected chi connectivity index (χ0v) is 19.6. The standard InChI is InChI=1S/C25H26ClN5OS/c26-19-8-10-21(11-9-19)28-25(33)29-23(18-6-2-1-3-7-18)24(32)27-20-12-14-22(15-13-20)30-31-16-4-5-17-31/h1-3,6-15,23,30H,4-5,16-17H2,(H,27,32)(H2,28,29,33). The van der Waals surface area contributed by atoms with Crippen LogP contribution >= 0.6 is 23.8 Å². The monoisotopic (exact) mass is 479 g/mol. The van der Waals surface area contributed by atoms with Crippen LogP contribution in [0.3, 0.4) is 0 Å². The fourth-order valence-electron chi connectivity index (χ4n) is 3.63. The number of carbonyl (C=O) groups excluding carboxylic acids is 1. The number of rotatable bonds is 7. The van der Waals surface area contributed by atoms with Crippen LogP contribution in [0, 0.1) is 0 Å². The van der Waals surface area contributed by atoms with Crippen molar-refractivity contribution in [1.29, 1.82) is 0 Å². The fourth-order valence-corrected chi connectivity index (χ4v) is 3.99. The molecule has 1 unspecified atom stereocenters. The van der Waals surface area contributed by atoms with Gasteiger partial charge in [-0.2, -0.15) is 0 Å². The van der Waals surface area contributed by atoms with E-state index in [1.807, 2.05) is 66.7 Å². The van der Waals surface area contributed by atoms with Gasteiger partial charge in [0.05, 0.1) is 0 Å². The summed E-state index contributed by atoms with van der Waals surface area (Å²) in [7, 11) is 0. The molecular formula is C25H26ClN5OS. The molecular weight excluding hydrogens is 454 g/mol. The summed E-state index contributed by atoms with van der Waals surface area (Å²) < 4.78 is 0. The number of hydrogen-bond acceptors (Lipinski definition) is 4. The van der Waals surface area contributed by atoms with Crippen LogP contribution in [0.1, 0.15) is 24.4 Å². The van der Waals surface area contributed by atoms with Crippen LogP contribution in [-0.2, 0) is 4.79 Å². The summed E-state index contributed by atoms with van der Waals surface area (Å²) in [5.41, 5.74) is 6.70. The Kier molecular flexibility index (Phi) is 7.78. The summed E-state index contributed by atoms with van der Waals surface area (Å²) in [5, 5.41) is 12.4. The lowest BCUT2D eigenvalue weighted by atomic mass is 10.1. The molecule has 0 aromatic heterocycles. The second-order valence-electron chi connectivity index (χ2n) is 7.82. The first-order valence-electron chi connectivity index (χ1n) is 10.9. The van der Waals surface area contributed by atoms with Gasteiger partial charge in [0.25, 0.3) is 5.91 Å². The van der Waals surface area contributed by atoms with Gasteiger partial charge in [0.15, 0.2) is 5.11 Å². The predicted octanol–water partition coefficient (Wildman–Crippen LogP) is 5.43. The Morgan fingerprint density at radius 1 is 0.818 bits per heavy atom. The Hall–Kier alpha value is -3.13. The van der Waals surface area contributed by atoms with Crippen molar-refractivity contribution in [2.45, 2.75) is 18.9 Å². The maximum absolute atomic E-state index is 13.2. The van der Waals surface area contributed by atoms with Crippen molar-refractivity contribution in [1.82, 2.24) is 10.3 Å². The van der Waals surface area contributed by atoms with E-state index < -0.39 is 6.04 Å². The Balaban J connectivity index is 1.42. The van der Waals surface area contributed by atoms with E-state index in [2.05, 4.69) is 26.4 Å². The molecule has 4 rings (SSSR count). The van der Waals surface area contributed by atoms with Crippen LogP contribution in [0.15, 0.2) is 78.9 Å². The minimum Gasteiger partial charge on any atom is -0.347 e. The number of hydrazine groups is 1. The van der Waals surface area contributed by atoms with Gasteiger partial charge >= 0.3 is 0 Å². The van der Waals surface area contributed by atoms with Gasteiger partial charge in [0.2, 0.25) is 0 Å². The van der Waals surface area contributed by atoms with Gasteiger partial charge in [-0.25, -0.2) is 5.01 Å². The highest BCUT2D eigenvalue weighted by Gasteiger charge is 2.22. The van der Waals surface area contributed by atoms with Crippen LogP contribution < -0.4 is 21.4 Å². The Labute approximate surface area is 204 Å². The molecule has 4 N–H and O–H groups in total. The Morgan fingerprint density at radius 3 is 2.06 bits per heavy atom. The number of benzene rings is 3. The van der Waals surface area contributed by atoms with Crippen molar-refractivity contribution < 1.29 is 4.79 Å². The smallest absolute Gasteiger partial charge is 0.251 e. The largest absolute Gasteiger partial charge is 0.347 e. The van der Waals surface area contributed by atoms with Crippen LogP contribution in [0.2, 0.25) is 5.02 Å². The lowest BCUT2D eigenvalue weighted by Crippen LogP contribution is -2.39. The molecule has 1 saturated heterocycles. The molecule has 170 valence electrons. The third-order valence-corrected chi connectivity index (χ3v) is 5.79. The van der Waals surface area contributed by atoms with E-state index in [9.17, 15) is 4.79 Å². The van der Waals surface area contributed by atoms with E-state index >= 15 is 0 Å². The van der Waals surface area contributed by atoms with Gasteiger partial charge in [0.1, 0.15) is 6.04 Å². The minimum absolute atomic E-state index is 0.207. The highest BCUT2D eigenvalue weighted by molar-refractivity contribution is 7.80. The summed E-state index contributed by atoms with van der Waals surface area (Å²) >= 11 is 11.4. The van der Waals surface area contributed by atoms with E-state index in [1.54, 1.807) is 12.1 Å². The molecule has 3 aromatic carbocycles. The topological polar surface area (TPSA) is 68.4 Å². The summed E-state index contributed by atoms with van der Waals surface area (Å²) in [5.74, 6) is -0.207. The average molecular weight is 480 g/mol. The van der Waals surface area contributed by atoms with Crippen LogP contribution in [-0.4, -0.2) is 29.1 Å². The molecule has 1 atom stereocenters. The molecule has 1 aliphatic rings. The van der Waals surface area contributed by atoms with Crippen molar-refractivity contribution in [3.05, 3.63) is 89.4 Å². The molecule has 8 heteroatoms. The predicted molar refractivity (Wildman–Crippen MR) is 139 cm³/mol. The molecule has 0 spiro atoms. The van der Waals surface area contributed by atoms with Crippen molar-refractivity contribution in [3.8, 4) is 0 Å². The van der Waals surface area contributed by atoms with Gasteiger partial charge in [-0.1, -0.05) is 41.9 Å². The number of carbonyl (C=O) groups is 1. The number of nitrogens with zero attached hydrogens (tertiary/aromatic N) is 1. The molecule has 33 heavy (non-hydrogen) atoms. The number of hydrogen-bond donors (Lipinski definition) is 4. The van der Waals surface area contributed by atoms with Crippen molar-refractivity contribution >= 4 is 51.9 Å². The first kappa shape index (κ1) is 23.0. The second kappa shape index (κ2) is 11.1. The van der Waals surface area contributed by atoms with E-state index in [0.29, 0.717) is 15.8 Å². The third-order valence-electron chi connectivity index (χ3n) is 5.32. The van der Waals surface area contributed by atoms with Crippen LogP contribution in [0.5, 0.6) is 0 Å².